The first-order chi connectivity index (χ1) is 8.75. The van der Waals surface area contributed by atoms with Crippen molar-refractivity contribution in [3.05, 3.63) is 24.0 Å². The van der Waals surface area contributed by atoms with E-state index >= 15 is 0 Å². The summed E-state index contributed by atoms with van der Waals surface area (Å²) in [6, 6.07) is 1.92. The van der Waals surface area contributed by atoms with Crippen molar-refractivity contribution in [3.63, 3.8) is 0 Å². The monoisotopic (exact) mass is 266 g/mol. The Balaban J connectivity index is 2.57. The van der Waals surface area contributed by atoms with Gasteiger partial charge in [-0.1, -0.05) is 13.8 Å². The van der Waals surface area contributed by atoms with Crippen molar-refractivity contribution in [1.29, 1.82) is 0 Å². The molecule has 0 aliphatic rings. The van der Waals surface area contributed by atoms with Crippen LogP contribution in [-0.4, -0.2) is 21.6 Å². The lowest BCUT2D eigenvalue weighted by atomic mass is 9.76. The van der Waals surface area contributed by atoms with Crippen LogP contribution >= 0.6 is 0 Å². The van der Waals surface area contributed by atoms with Crippen LogP contribution in [0, 0.1) is 11.3 Å². The summed E-state index contributed by atoms with van der Waals surface area (Å²) in [7, 11) is 1.91. The highest BCUT2D eigenvalue weighted by Crippen LogP contribution is 2.31. The second-order valence-corrected chi connectivity index (χ2v) is 5.52. The van der Waals surface area contributed by atoms with Gasteiger partial charge in [-0.3, -0.25) is 9.59 Å². The number of rotatable bonds is 6. The lowest BCUT2D eigenvalue weighted by molar-refractivity contribution is -0.153. The molecule has 0 aliphatic carbocycles. The summed E-state index contributed by atoms with van der Waals surface area (Å²) >= 11 is 0. The Labute approximate surface area is 113 Å². The molecule has 1 aromatic heterocycles. The molecule has 0 saturated carbocycles. The number of amides is 1. The van der Waals surface area contributed by atoms with Gasteiger partial charge < -0.3 is 15.0 Å². The van der Waals surface area contributed by atoms with Crippen molar-refractivity contribution in [1.82, 2.24) is 9.88 Å². The molecule has 0 aromatic carbocycles. The van der Waals surface area contributed by atoms with E-state index in [1.165, 1.54) is 0 Å². The van der Waals surface area contributed by atoms with Gasteiger partial charge in [0.25, 0.3) is 0 Å². The Morgan fingerprint density at radius 2 is 2.11 bits per heavy atom. The van der Waals surface area contributed by atoms with Crippen LogP contribution in [0.2, 0.25) is 0 Å². The molecular weight excluding hydrogens is 244 g/mol. The Morgan fingerprint density at radius 3 is 2.53 bits per heavy atom. The Hall–Kier alpha value is -1.78. The van der Waals surface area contributed by atoms with E-state index in [0.29, 0.717) is 6.54 Å². The fraction of sp³-hybridized carbons (Fsp3) is 0.571. The van der Waals surface area contributed by atoms with Gasteiger partial charge in [0.05, 0.1) is 5.41 Å². The highest BCUT2D eigenvalue weighted by atomic mass is 16.4. The Kier molecular flexibility index (Phi) is 4.75. The van der Waals surface area contributed by atoms with Gasteiger partial charge >= 0.3 is 5.97 Å². The summed E-state index contributed by atoms with van der Waals surface area (Å²) in [6.07, 6.45) is 3.81. The van der Waals surface area contributed by atoms with Crippen molar-refractivity contribution in [3.8, 4) is 0 Å². The first-order valence-corrected chi connectivity index (χ1v) is 6.36. The highest BCUT2D eigenvalue weighted by molar-refractivity contribution is 5.84. The average molecular weight is 266 g/mol. The maximum atomic E-state index is 11.9. The average Bonchev–Trinajstić information content (AvgIpc) is 2.72. The number of nitrogens with one attached hydrogen (secondary N) is 1. The molecule has 106 valence electrons. The van der Waals surface area contributed by atoms with Gasteiger partial charge in [-0.25, -0.2) is 0 Å². The molecule has 1 atom stereocenters. The van der Waals surface area contributed by atoms with E-state index in [1.807, 2.05) is 43.9 Å². The number of aryl methyl sites for hydroxylation is 1. The summed E-state index contributed by atoms with van der Waals surface area (Å²) in [6.45, 7) is 5.67. The van der Waals surface area contributed by atoms with Crippen LogP contribution in [0.15, 0.2) is 18.5 Å². The van der Waals surface area contributed by atoms with E-state index in [9.17, 15) is 14.7 Å². The minimum absolute atomic E-state index is 0.00711. The number of aliphatic carboxylic acids is 1. The summed E-state index contributed by atoms with van der Waals surface area (Å²) in [5.41, 5.74) is -0.0294. The lowest BCUT2D eigenvalue weighted by Gasteiger charge is -2.28. The molecule has 0 bridgehead atoms. The normalized spacial score (nSPS) is 14.2. The van der Waals surface area contributed by atoms with Gasteiger partial charge in [0.1, 0.15) is 0 Å². The number of aromatic nitrogens is 1. The largest absolute Gasteiger partial charge is 0.481 e. The van der Waals surface area contributed by atoms with Gasteiger partial charge in [0.2, 0.25) is 5.91 Å². The third-order valence-electron chi connectivity index (χ3n) is 3.67. The molecule has 0 saturated heterocycles. The molecular formula is C14H22N2O3. The minimum atomic E-state index is -1.03. The van der Waals surface area contributed by atoms with Gasteiger partial charge in [-0.2, -0.15) is 0 Å². The zero-order valence-electron chi connectivity index (χ0n) is 11.9. The standard InChI is InChI=1S/C14H22N2O3/c1-10(2)14(3,13(18)19)7-12(17)15-8-11-5-6-16(4)9-11/h5-6,9-10H,7-8H2,1-4H3,(H,15,17)(H,18,19). The number of carboxylic acids is 1. The van der Waals surface area contributed by atoms with Crippen molar-refractivity contribution >= 4 is 11.9 Å². The topological polar surface area (TPSA) is 71.3 Å². The second-order valence-electron chi connectivity index (χ2n) is 5.52. The predicted octanol–water partition coefficient (Wildman–Crippen LogP) is 1.78. The molecule has 5 nitrogen and oxygen atoms in total. The van der Waals surface area contributed by atoms with Crippen LogP contribution in [-0.2, 0) is 23.2 Å². The number of carbonyl (C=O) groups is 2. The van der Waals surface area contributed by atoms with Crippen LogP contribution in [0.5, 0.6) is 0 Å². The van der Waals surface area contributed by atoms with Crippen LogP contribution < -0.4 is 5.32 Å². The number of nitrogens with zero attached hydrogens (tertiary/aromatic N) is 1. The number of carboxylic acid groups (broad SMARTS) is 1. The second kappa shape index (κ2) is 5.91. The number of hydrogen-bond acceptors (Lipinski definition) is 2. The van der Waals surface area contributed by atoms with Gasteiger partial charge in [-0.15, -0.1) is 0 Å². The third kappa shape index (κ3) is 3.84. The number of hydrogen-bond donors (Lipinski definition) is 2. The third-order valence-corrected chi connectivity index (χ3v) is 3.67. The summed E-state index contributed by atoms with van der Waals surface area (Å²) in [5.74, 6) is -1.27. The smallest absolute Gasteiger partial charge is 0.310 e. The van der Waals surface area contributed by atoms with E-state index in [4.69, 9.17) is 0 Å². The van der Waals surface area contributed by atoms with Gasteiger partial charge in [-0.05, 0) is 24.5 Å². The van der Waals surface area contributed by atoms with E-state index in [1.54, 1.807) is 6.92 Å². The van der Waals surface area contributed by atoms with E-state index in [2.05, 4.69) is 5.32 Å². The molecule has 5 heteroatoms. The van der Waals surface area contributed by atoms with Crippen LogP contribution in [0.1, 0.15) is 32.8 Å². The maximum absolute atomic E-state index is 11.9. The molecule has 0 radical (unpaired) electrons. The first kappa shape index (κ1) is 15.3. The first-order valence-electron chi connectivity index (χ1n) is 6.36. The van der Waals surface area contributed by atoms with Crippen LogP contribution in [0.4, 0.5) is 0 Å². The van der Waals surface area contributed by atoms with Crippen molar-refractivity contribution in [2.24, 2.45) is 18.4 Å². The van der Waals surface area contributed by atoms with Crippen molar-refractivity contribution < 1.29 is 14.7 Å². The molecule has 1 rings (SSSR count). The fourth-order valence-electron chi connectivity index (χ4n) is 1.79. The predicted molar refractivity (Wildman–Crippen MR) is 72.5 cm³/mol. The molecule has 1 heterocycles. The van der Waals surface area contributed by atoms with E-state index in [-0.39, 0.29) is 18.2 Å². The zero-order chi connectivity index (χ0) is 14.6. The maximum Gasteiger partial charge on any atom is 0.310 e. The summed E-state index contributed by atoms with van der Waals surface area (Å²) < 4.78 is 1.90. The molecule has 0 fully saturated rings. The van der Waals surface area contributed by atoms with Crippen molar-refractivity contribution in [2.45, 2.75) is 33.7 Å². The molecule has 1 unspecified atom stereocenters. The Morgan fingerprint density at radius 1 is 1.47 bits per heavy atom. The van der Waals surface area contributed by atoms with Crippen LogP contribution in [0.3, 0.4) is 0 Å². The van der Waals surface area contributed by atoms with Gasteiger partial charge in [0.15, 0.2) is 0 Å². The van der Waals surface area contributed by atoms with Crippen LogP contribution in [0.25, 0.3) is 0 Å². The molecule has 0 aliphatic heterocycles. The zero-order valence-corrected chi connectivity index (χ0v) is 11.9. The summed E-state index contributed by atoms with van der Waals surface area (Å²) in [4.78, 5) is 23.2. The van der Waals surface area contributed by atoms with Gasteiger partial charge in [0, 0.05) is 32.4 Å². The summed E-state index contributed by atoms with van der Waals surface area (Å²) in [5, 5.41) is 12.0. The van der Waals surface area contributed by atoms with Crippen molar-refractivity contribution in [2.75, 3.05) is 0 Å². The molecule has 19 heavy (non-hydrogen) atoms. The fourth-order valence-corrected chi connectivity index (χ4v) is 1.79. The van der Waals surface area contributed by atoms with E-state index < -0.39 is 11.4 Å². The minimum Gasteiger partial charge on any atom is -0.481 e. The highest BCUT2D eigenvalue weighted by Gasteiger charge is 2.38. The SMILES string of the molecule is CC(C)C(C)(CC(=O)NCc1ccn(C)c1)C(=O)O. The number of carbonyl (C=O) groups excluding carboxylic acids is 1. The quantitative estimate of drug-likeness (QED) is 0.824. The molecule has 2 N–H and O–H groups in total. The molecule has 1 aromatic rings. The van der Waals surface area contributed by atoms with E-state index in [0.717, 1.165) is 5.56 Å². The lowest BCUT2D eigenvalue weighted by Crippen LogP contribution is -2.39. The molecule has 0 spiro atoms. The Bertz CT molecular complexity index is 465. The molecule has 1 amide bonds.